The molecule has 1 aromatic carbocycles. The van der Waals surface area contributed by atoms with Crippen molar-refractivity contribution in [2.75, 3.05) is 40.3 Å². The van der Waals surface area contributed by atoms with Crippen molar-refractivity contribution in [3.63, 3.8) is 0 Å². The van der Waals surface area contributed by atoms with Crippen LogP contribution in [-0.4, -0.2) is 80.1 Å². The predicted molar refractivity (Wildman–Crippen MR) is 125 cm³/mol. The summed E-state index contributed by atoms with van der Waals surface area (Å²) in [6, 6.07) is 5.10. The Morgan fingerprint density at radius 2 is 1.83 bits per heavy atom. The molecule has 0 bridgehead atoms. The summed E-state index contributed by atoms with van der Waals surface area (Å²) in [5.41, 5.74) is 1.36. The first-order valence-electron chi connectivity index (χ1n) is 10.3. The highest BCUT2D eigenvalue weighted by Gasteiger charge is 2.36. The summed E-state index contributed by atoms with van der Waals surface area (Å²) in [5.74, 6) is -1.19. The Kier molecular flexibility index (Phi) is 7.65. The van der Waals surface area contributed by atoms with Crippen LogP contribution < -0.4 is 10.1 Å². The standard InChI is InChI=1S/C21H22F3N5O4S.ClH/c1-25-20(30)16-12-27-19-15(16)9-14(11-26-19)13-3-4-18(17(10-13)33-21(22,23)24)34(31,32)29-7-5-28(2)6-8-29;/h3-4,9-12H,5-8H2,1-2H3,(H,25,30)(H,26,27);1H. The second kappa shape index (κ2) is 10.0. The second-order valence-electron chi connectivity index (χ2n) is 7.82. The quantitative estimate of drug-likeness (QED) is 0.522. The highest BCUT2D eigenvalue weighted by atomic mass is 35.5. The maximum Gasteiger partial charge on any atom is 0.573 e. The Bertz CT molecular complexity index is 1340. The first-order chi connectivity index (χ1) is 16.0. The van der Waals surface area contributed by atoms with E-state index in [1.54, 1.807) is 6.07 Å². The summed E-state index contributed by atoms with van der Waals surface area (Å²) in [6.07, 6.45) is -2.21. The maximum absolute atomic E-state index is 13.2. The van der Waals surface area contributed by atoms with Gasteiger partial charge in [0.1, 0.15) is 16.3 Å². The number of likely N-dealkylation sites (N-methyl/N-ethyl adjacent to an activating group) is 1. The van der Waals surface area contributed by atoms with Gasteiger partial charge in [-0.3, -0.25) is 4.79 Å². The summed E-state index contributed by atoms with van der Waals surface area (Å²) in [6.45, 7) is 1.23. The topological polar surface area (TPSA) is 108 Å². The molecule has 4 rings (SSSR count). The average Bonchev–Trinajstić information content (AvgIpc) is 3.21. The molecule has 0 radical (unpaired) electrons. The minimum Gasteiger partial charge on any atom is -0.404 e. The number of aromatic nitrogens is 2. The van der Waals surface area contributed by atoms with E-state index in [1.165, 1.54) is 25.5 Å². The van der Waals surface area contributed by atoms with Gasteiger partial charge < -0.3 is 19.9 Å². The average molecular weight is 534 g/mol. The number of alkyl halides is 3. The fraction of sp³-hybridized carbons (Fsp3) is 0.333. The molecule has 14 heteroatoms. The number of benzene rings is 1. The van der Waals surface area contributed by atoms with Gasteiger partial charge in [-0.15, -0.1) is 25.6 Å². The zero-order chi connectivity index (χ0) is 24.7. The number of fused-ring (bicyclic) bond motifs is 1. The number of pyridine rings is 1. The molecular formula is C21H23ClF3N5O4S. The first kappa shape index (κ1) is 26.7. The molecule has 2 N–H and O–H groups in total. The van der Waals surface area contributed by atoms with Crippen molar-refractivity contribution >= 4 is 39.4 Å². The lowest BCUT2D eigenvalue weighted by Crippen LogP contribution is -2.47. The Morgan fingerprint density at radius 3 is 2.46 bits per heavy atom. The number of amides is 1. The van der Waals surface area contributed by atoms with Gasteiger partial charge in [-0.2, -0.15) is 4.31 Å². The summed E-state index contributed by atoms with van der Waals surface area (Å²) in [5, 5.41) is 2.97. The number of nitrogens with zero attached hydrogens (tertiary/aromatic N) is 3. The van der Waals surface area contributed by atoms with Crippen LogP contribution in [0.1, 0.15) is 10.4 Å². The lowest BCUT2D eigenvalue weighted by atomic mass is 10.1. The molecule has 1 aliphatic rings. The van der Waals surface area contributed by atoms with Gasteiger partial charge in [0.2, 0.25) is 10.0 Å². The van der Waals surface area contributed by atoms with Crippen LogP contribution in [0.15, 0.2) is 41.6 Å². The minimum absolute atomic E-state index is 0. The number of rotatable bonds is 5. The third-order valence-corrected chi connectivity index (χ3v) is 7.52. The van der Waals surface area contributed by atoms with E-state index in [1.807, 2.05) is 11.9 Å². The van der Waals surface area contributed by atoms with Gasteiger partial charge in [-0.25, -0.2) is 13.4 Å². The van der Waals surface area contributed by atoms with E-state index in [0.717, 1.165) is 16.4 Å². The van der Waals surface area contributed by atoms with Crippen LogP contribution in [0.2, 0.25) is 0 Å². The third-order valence-electron chi connectivity index (χ3n) is 5.59. The Balaban J connectivity index is 0.00000342. The zero-order valence-electron chi connectivity index (χ0n) is 18.7. The van der Waals surface area contributed by atoms with Gasteiger partial charge in [-0.1, -0.05) is 6.07 Å². The molecule has 190 valence electrons. The molecular weight excluding hydrogens is 511 g/mol. The van der Waals surface area contributed by atoms with E-state index < -0.39 is 27.0 Å². The molecule has 0 atom stereocenters. The number of aromatic amines is 1. The molecule has 0 saturated carbocycles. The van der Waals surface area contributed by atoms with Gasteiger partial charge in [0.05, 0.1) is 5.56 Å². The summed E-state index contributed by atoms with van der Waals surface area (Å²) in [4.78, 5) is 20.5. The number of carbonyl (C=O) groups is 1. The van der Waals surface area contributed by atoms with Crippen LogP contribution in [0, 0.1) is 0 Å². The number of nitrogens with one attached hydrogen (secondary N) is 2. The number of halogens is 4. The van der Waals surface area contributed by atoms with Crippen molar-refractivity contribution in [3.05, 3.63) is 42.2 Å². The molecule has 35 heavy (non-hydrogen) atoms. The van der Waals surface area contributed by atoms with Crippen LogP contribution in [-0.2, 0) is 10.0 Å². The molecule has 1 amide bonds. The molecule has 3 heterocycles. The van der Waals surface area contributed by atoms with Crippen LogP contribution in [0.3, 0.4) is 0 Å². The lowest BCUT2D eigenvalue weighted by Gasteiger charge is -2.32. The number of hydrogen-bond acceptors (Lipinski definition) is 6. The monoisotopic (exact) mass is 533 g/mol. The van der Waals surface area contributed by atoms with Crippen molar-refractivity contribution in [3.8, 4) is 16.9 Å². The van der Waals surface area contributed by atoms with Crippen molar-refractivity contribution in [1.82, 2.24) is 24.5 Å². The molecule has 1 fully saturated rings. The number of hydrogen-bond donors (Lipinski definition) is 2. The van der Waals surface area contributed by atoms with Gasteiger partial charge in [0, 0.05) is 56.6 Å². The minimum atomic E-state index is -5.10. The van der Waals surface area contributed by atoms with E-state index in [4.69, 9.17) is 0 Å². The Hall–Kier alpha value is -2.87. The SMILES string of the molecule is CNC(=O)c1c[nH]c2ncc(-c3ccc(S(=O)(=O)N4CCN(C)CC4)c(OC(F)(F)F)c3)cc12.Cl. The highest BCUT2D eigenvalue weighted by Crippen LogP contribution is 2.36. The lowest BCUT2D eigenvalue weighted by molar-refractivity contribution is -0.275. The number of carbonyl (C=O) groups excluding carboxylic acids is 1. The summed E-state index contributed by atoms with van der Waals surface area (Å²) < 4.78 is 71.1. The van der Waals surface area contributed by atoms with Crippen molar-refractivity contribution in [1.29, 1.82) is 0 Å². The van der Waals surface area contributed by atoms with Crippen molar-refractivity contribution in [2.24, 2.45) is 0 Å². The predicted octanol–water partition coefficient (Wildman–Crippen LogP) is 2.85. The molecule has 1 saturated heterocycles. The van der Waals surface area contributed by atoms with E-state index in [2.05, 4.69) is 20.0 Å². The maximum atomic E-state index is 13.2. The van der Waals surface area contributed by atoms with Crippen molar-refractivity contribution in [2.45, 2.75) is 11.3 Å². The fourth-order valence-electron chi connectivity index (χ4n) is 3.76. The molecule has 9 nitrogen and oxygen atoms in total. The number of ether oxygens (including phenoxy) is 1. The first-order valence-corrected chi connectivity index (χ1v) is 11.7. The zero-order valence-corrected chi connectivity index (χ0v) is 20.4. The van der Waals surface area contributed by atoms with E-state index in [0.29, 0.717) is 35.2 Å². The number of sulfonamides is 1. The molecule has 0 aliphatic carbocycles. The normalized spacial score (nSPS) is 15.6. The fourth-order valence-corrected chi connectivity index (χ4v) is 5.27. The number of H-pyrrole nitrogens is 1. The van der Waals surface area contributed by atoms with Gasteiger partial charge in [-0.05, 0) is 30.8 Å². The number of piperazine rings is 1. The molecule has 2 aromatic heterocycles. The second-order valence-corrected chi connectivity index (χ2v) is 9.72. The molecule has 0 spiro atoms. The smallest absolute Gasteiger partial charge is 0.404 e. The third kappa shape index (κ3) is 5.53. The van der Waals surface area contributed by atoms with E-state index in [-0.39, 0.29) is 37.0 Å². The van der Waals surface area contributed by atoms with Crippen LogP contribution in [0.25, 0.3) is 22.2 Å². The van der Waals surface area contributed by atoms with Crippen LogP contribution in [0.4, 0.5) is 13.2 Å². The van der Waals surface area contributed by atoms with E-state index in [9.17, 15) is 26.4 Å². The van der Waals surface area contributed by atoms with E-state index >= 15 is 0 Å². The molecule has 3 aromatic rings. The van der Waals surface area contributed by atoms with Crippen LogP contribution in [0.5, 0.6) is 5.75 Å². The van der Waals surface area contributed by atoms with Gasteiger partial charge in [0.15, 0.2) is 0 Å². The largest absolute Gasteiger partial charge is 0.573 e. The summed E-state index contributed by atoms with van der Waals surface area (Å²) >= 11 is 0. The highest BCUT2D eigenvalue weighted by molar-refractivity contribution is 7.89. The van der Waals surface area contributed by atoms with Gasteiger partial charge in [0.25, 0.3) is 5.91 Å². The Morgan fingerprint density at radius 1 is 1.14 bits per heavy atom. The van der Waals surface area contributed by atoms with Crippen LogP contribution >= 0.6 is 12.4 Å². The summed E-state index contributed by atoms with van der Waals surface area (Å²) in [7, 11) is -0.920. The Labute approximate surface area is 205 Å². The molecule has 1 aliphatic heterocycles. The van der Waals surface area contributed by atoms with Gasteiger partial charge >= 0.3 is 6.36 Å². The molecule has 0 unspecified atom stereocenters. The van der Waals surface area contributed by atoms with Crippen molar-refractivity contribution < 1.29 is 31.1 Å².